The van der Waals surface area contributed by atoms with E-state index in [1.165, 1.54) is 23.0 Å². The minimum absolute atomic E-state index is 0.219. The lowest BCUT2D eigenvalue weighted by Crippen LogP contribution is -2.41. The Morgan fingerprint density at radius 1 is 1.10 bits per heavy atom. The molecule has 0 unspecified atom stereocenters. The van der Waals surface area contributed by atoms with Gasteiger partial charge in [0.05, 0.1) is 4.88 Å². The molecular formula is C15H22N2OS3. The number of carbonyl (C=O) groups is 1. The van der Waals surface area contributed by atoms with E-state index < -0.39 is 0 Å². The molecule has 0 bridgehead atoms. The van der Waals surface area contributed by atoms with Gasteiger partial charge in [-0.2, -0.15) is 23.5 Å². The molecule has 1 aromatic heterocycles. The Kier molecular flexibility index (Phi) is 5.91. The highest BCUT2D eigenvalue weighted by atomic mass is 32.2. The number of thioether (sulfide) groups is 2. The second-order valence-electron chi connectivity index (χ2n) is 5.46. The number of rotatable bonds is 2. The Labute approximate surface area is 139 Å². The molecule has 3 rings (SSSR count). The zero-order valence-corrected chi connectivity index (χ0v) is 14.7. The van der Waals surface area contributed by atoms with Crippen molar-refractivity contribution in [2.45, 2.75) is 12.5 Å². The largest absolute Gasteiger partial charge is 0.337 e. The maximum absolute atomic E-state index is 12.5. The monoisotopic (exact) mass is 342 g/mol. The summed E-state index contributed by atoms with van der Waals surface area (Å²) in [5.41, 5.74) is 0. The van der Waals surface area contributed by atoms with Crippen molar-refractivity contribution in [1.29, 1.82) is 0 Å². The van der Waals surface area contributed by atoms with Crippen LogP contribution in [0.5, 0.6) is 0 Å². The molecule has 21 heavy (non-hydrogen) atoms. The maximum atomic E-state index is 12.5. The SMILES string of the molecule is O=C(c1cccs1)N1CCCN(C2CSCCSC2)CC1. The molecule has 116 valence electrons. The molecule has 3 nitrogen and oxygen atoms in total. The Balaban J connectivity index is 1.57. The smallest absolute Gasteiger partial charge is 0.263 e. The molecule has 2 aliphatic rings. The molecule has 2 aliphatic heterocycles. The number of hydrogen-bond acceptors (Lipinski definition) is 5. The third-order valence-electron chi connectivity index (χ3n) is 4.06. The molecule has 0 radical (unpaired) electrons. The lowest BCUT2D eigenvalue weighted by Gasteiger charge is -2.29. The Bertz CT molecular complexity index is 444. The van der Waals surface area contributed by atoms with Crippen LogP contribution >= 0.6 is 34.9 Å². The van der Waals surface area contributed by atoms with E-state index in [-0.39, 0.29) is 5.91 Å². The Morgan fingerprint density at radius 3 is 2.62 bits per heavy atom. The highest BCUT2D eigenvalue weighted by molar-refractivity contribution is 8.03. The number of nitrogens with zero attached hydrogens (tertiary/aromatic N) is 2. The first-order valence-electron chi connectivity index (χ1n) is 7.57. The van der Waals surface area contributed by atoms with Crippen molar-refractivity contribution in [3.05, 3.63) is 22.4 Å². The predicted octanol–water partition coefficient (Wildman–Crippen LogP) is 2.74. The number of amides is 1. The van der Waals surface area contributed by atoms with Crippen LogP contribution in [0.3, 0.4) is 0 Å². The van der Waals surface area contributed by atoms with Gasteiger partial charge in [-0.15, -0.1) is 11.3 Å². The van der Waals surface area contributed by atoms with E-state index >= 15 is 0 Å². The molecular weight excluding hydrogens is 320 g/mol. The van der Waals surface area contributed by atoms with E-state index in [1.807, 2.05) is 22.4 Å². The van der Waals surface area contributed by atoms with Crippen LogP contribution in [0, 0.1) is 0 Å². The molecule has 1 aromatic rings. The fraction of sp³-hybridized carbons (Fsp3) is 0.667. The van der Waals surface area contributed by atoms with Gasteiger partial charge in [-0.1, -0.05) is 6.07 Å². The van der Waals surface area contributed by atoms with Gasteiger partial charge >= 0.3 is 0 Å². The van der Waals surface area contributed by atoms with Gasteiger partial charge in [-0.25, -0.2) is 0 Å². The van der Waals surface area contributed by atoms with Crippen molar-refractivity contribution in [2.24, 2.45) is 0 Å². The second-order valence-corrected chi connectivity index (χ2v) is 8.71. The third-order valence-corrected chi connectivity index (χ3v) is 7.40. The molecule has 3 heterocycles. The van der Waals surface area contributed by atoms with Gasteiger partial charge in [0.15, 0.2) is 0 Å². The van der Waals surface area contributed by atoms with Crippen molar-refractivity contribution in [1.82, 2.24) is 9.80 Å². The summed E-state index contributed by atoms with van der Waals surface area (Å²) in [6.07, 6.45) is 1.10. The highest BCUT2D eigenvalue weighted by Gasteiger charge is 2.25. The quantitative estimate of drug-likeness (QED) is 0.824. The van der Waals surface area contributed by atoms with E-state index in [0.717, 1.165) is 37.5 Å². The minimum atomic E-state index is 0.219. The fourth-order valence-corrected chi connectivity index (χ4v) is 6.19. The minimum Gasteiger partial charge on any atom is -0.337 e. The third kappa shape index (κ3) is 4.18. The van der Waals surface area contributed by atoms with Gasteiger partial charge in [-0.3, -0.25) is 9.69 Å². The van der Waals surface area contributed by atoms with Crippen molar-refractivity contribution < 1.29 is 4.79 Å². The number of hydrogen-bond donors (Lipinski definition) is 0. The van der Waals surface area contributed by atoms with E-state index in [9.17, 15) is 4.79 Å². The average molecular weight is 343 g/mol. The first kappa shape index (κ1) is 15.7. The summed E-state index contributed by atoms with van der Waals surface area (Å²) in [5, 5.41) is 1.98. The molecule has 6 heteroatoms. The average Bonchev–Trinajstić information content (AvgIpc) is 2.76. The summed E-state index contributed by atoms with van der Waals surface area (Å²) < 4.78 is 0. The Morgan fingerprint density at radius 2 is 1.90 bits per heavy atom. The predicted molar refractivity (Wildman–Crippen MR) is 94.9 cm³/mol. The topological polar surface area (TPSA) is 23.6 Å². The molecule has 2 saturated heterocycles. The molecule has 0 atom stereocenters. The van der Waals surface area contributed by atoms with Crippen LogP contribution in [-0.4, -0.2) is 70.9 Å². The van der Waals surface area contributed by atoms with Gasteiger partial charge in [0.1, 0.15) is 0 Å². The van der Waals surface area contributed by atoms with E-state index in [2.05, 4.69) is 28.4 Å². The summed E-state index contributed by atoms with van der Waals surface area (Å²) in [6.45, 7) is 3.95. The molecule has 2 fully saturated rings. The lowest BCUT2D eigenvalue weighted by molar-refractivity contribution is 0.0764. The van der Waals surface area contributed by atoms with Gasteiger partial charge in [0.2, 0.25) is 0 Å². The first-order chi connectivity index (χ1) is 10.3. The summed E-state index contributed by atoms with van der Waals surface area (Å²) >= 11 is 5.73. The number of carbonyl (C=O) groups excluding carboxylic acids is 1. The zero-order chi connectivity index (χ0) is 14.5. The van der Waals surface area contributed by atoms with Crippen LogP contribution in [0.2, 0.25) is 0 Å². The van der Waals surface area contributed by atoms with Crippen LogP contribution in [0.25, 0.3) is 0 Å². The van der Waals surface area contributed by atoms with Gasteiger partial charge in [-0.05, 0) is 17.9 Å². The van der Waals surface area contributed by atoms with Gasteiger partial charge in [0.25, 0.3) is 5.91 Å². The van der Waals surface area contributed by atoms with Crippen LogP contribution in [-0.2, 0) is 0 Å². The molecule has 0 aromatic carbocycles. The highest BCUT2D eigenvalue weighted by Crippen LogP contribution is 2.22. The Hall–Kier alpha value is -0.170. The van der Waals surface area contributed by atoms with Crippen LogP contribution < -0.4 is 0 Å². The molecule has 0 spiro atoms. The summed E-state index contributed by atoms with van der Waals surface area (Å²) in [4.78, 5) is 18.0. The molecule has 0 aliphatic carbocycles. The van der Waals surface area contributed by atoms with E-state index in [4.69, 9.17) is 0 Å². The first-order valence-corrected chi connectivity index (χ1v) is 10.8. The normalized spacial score (nSPS) is 22.8. The van der Waals surface area contributed by atoms with Crippen molar-refractivity contribution in [3.8, 4) is 0 Å². The molecule has 0 saturated carbocycles. The van der Waals surface area contributed by atoms with Crippen molar-refractivity contribution in [2.75, 3.05) is 49.2 Å². The number of thiophene rings is 1. The van der Waals surface area contributed by atoms with Gasteiger partial charge in [0, 0.05) is 55.2 Å². The van der Waals surface area contributed by atoms with Crippen LogP contribution in [0.1, 0.15) is 16.1 Å². The van der Waals surface area contributed by atoms with E-state index in [1.54, 1.807) is 11.3 Å². The van der Waals surface area contributed by atoms with Crippen molar-refractivity contribution in [3.63, 3.8) is 0 Å². The zero-order valence-electron chi connectivity index (χ0n) is 12.2. The second kappa shape index (κ2) is 7.90. The summed E-state index contributed by atoms with van der Waals surface area (Å²) in [6, 6.07) is 4.59. The molecule has 1 amide bonds. The van der Waals surface area contributed by atoms with Crippen molar-refractivity contribution >= 4 is 40.8 Å². The molecule has 0 N–H and O–H groups in total. The van der Waals surface area contributed by atoms with Crippen LogP contribution in [0.4, 0.5) is 0 Å². The fourth-order valence-electron chi connectivity index (χ4n) is 2.88. The maximum Gasteiger partial charge on any atom is 0.263 e. The van der Waals surface area contributed by atoms with E-state index in [0.29, 0.717) is 6.04 Å². The summed E-state index contributed by atoms with van der Waals surface area (Å²) in [7, 11) is 0. The lowest BCUT2D eigenvalue weighted by atomic mass is 10.3. The van der Waals surface area contributed by atoms with Gasteiger partial charge < -0.3 is 4.90 Å². The summed E-state index contributed by atoms with van der Waals surface area (Å²) in [5.74, 6) is 5.31. The standard InChI is InChI=1S/C15H22N2OS3/c18-15(14-3-1-8-21-14)17-5-2-4-16(6-7-17)13-11-19-9-10-20-12-13/h1,3,8,13H,2,4-7,9-12H2. The van der Waals surface area contributed by atoms with Crippen LogP contribution in [0.15, 0.2) is 17.5 Å².